The molecule has 0 spiro atoms. The zero-order valence-corrected chi connectivity index (χ0v) is 14.1. The van der Waals surface area contributed by atoms with Crippen molar-refractivity contribution in [2.24, 2.45) is 0 Å². The third-order valence-electron chi connectivity index (χ3n) is 5.43. The number of piperidine rings is 1. The van der Waals surface area contributed by atoms with Crippen molar-refractivity contribution in [3.63, 3.8) is 0 Å². The zero-order valence-electron chi connectivity index (χ0n) is 14.1. The normalized spacial score (nSPS) is 22.2. The van der Waals surface area contributed by atoms with E-state index >= 15 is 0 Å². The number of aryl methyl sites for hydroxylation is 1. The summed E-state index contributed by atoms with van der Waals surface area (Å²) in [7, 11) is 0. The van der Waals surface area contributed by atoms with Crippen molar-refractivity contribution in [2.45, 2.75) is 43.7 Å². The molecule has 0 bridgehead atoms. The number of nitrogens with zero attached hydrogens (tertiary/aromatic N) is 2. The number of nitrogens with one attached hydrogen (secondary N) is 3. The summed E-state index contributed by atoms with van der Waals surface area (Å²) in [6.45, 7) is 1.59. The van der Waals surface area contributed by atoms with Crippen LogP contribution in [0.5, 0.6) is 0 Å². The third kappa shape index (κ3) is 2.89. The minimum absolute atomic E-state index is 0.0155. The maximum absolute atomic E-state index is 13.3. The van der Waals surface area contributed by atoms with E-state index in [-0.39, 0.29) is 17.5 Å². The third-order valence-corrected chi connectivity index (χ3v) is 5.43. The number of fused-ring (bicyclic) bond motifs is 1. The van der Waals surface area contributed by atoms with Crippen molar-refractivity contribution in [1.29, 1.82) is 0 Å². The Kier molecular flexibility index (Phi) is 4.17. The fraction of sp³-hybridized carbons (Fsp3) is 0.500. The largest absolute Gasteiger partial charge is 0.347 e. The number of hydrogen-bond donors (Lipinski definition) is 3. The van der Waals surface area contributed by atoms with Gasteiger partial charge in [0.2, 0.25) is 11.5 Å². The Bertz CT molecular complexity index is 805. The predicted molar refractivity (Wildman–Crippen MR) is 93.2 cm³/mol. The first-order valence-corrected chi connectivity index (χ1v) is 8.93. The fourth-order valence-electron chi connectivity index (χ4n) is 4.07. The SMILES string of the molecule is O=C(NC1CCCc2[nH]c(=O)ccc21)C1(n2cccn2)CCNCC1. The minimum Gasteiger partial charge on any atom is -0.347 e. The molecule has 0 saturated carbocycles. The smallest absolute Gasteiger partial charge is 0.248 e. The Labute approximate surface area is 145 Å². The van der Waals surface area contributed by atoms with Crippen molar-refractivity contribution in [2.75, 3.05) is 13.1 Å². The molecule has 1 aliphatic carbocycles. The summed E-state index contributed by atoms with van der Waals surface area (Å²) in [6.07, 6.45) is 7.71. The van der Waals surface area contributed by atoms with E-state index in [1.165, 1.54) is 6.07 Å². The standard InChI is InChI=1S/C18H23N5O2/c24-16-6-5-13-14(21-16)3-1-4-15(13)22-17(25)18(7-10-19-11-8-18)23-12-2-9-20-23/h2,5-6,9,12,15,19H,1,3-4,7-8,10-11H2,(H,21,24)(H,22,25). The number of amides is 1. The van der Waals surface area contributed by atoms with Crippen LogP contribution in [0.1, 0.15) is 43.0 Å². The van der Waals surface area contributed by atoms with Crippen LogP contribution in [0.3, 0.4) is 0 Å². The first-order valence-electron chi connectivity index (χ1n) is 8.93. The second-order valence-corrected chi connectivity index (χ2v) is 6.91. The highest BCUT2D eigenvalue weighted by Gasteiger charge is 2.43. The van der Waals surface area contributed by atoms with Gasteiger partial charge in [-0.2, -0.15) is 5.10 Å². The van der Waals surface area contributed by atoms with E-state index in [1.54, 1.807) is 10.9 Å². The summed E-state index contributed by atoms with van der Waals surface area (Å²) in [5.74, 6) is 0.0155. The number of aromatic nitrogens is 3. The van der Waals surface area contributed by atoms with Gasteiger partial charge in [-0.1, -0.05) is 0 Å². The molecule has 1 atom stereocenters. The van der Waals surface area contributed by atoms with Crippen LogP contribution in [0, 0.1) is 0 Å². The molecule has 2 aromatic rings. The summed E-state index contributed by atoms with van der Waals surface area (Å²) in [5, 5.41) is 10.9. The quantitative estimate of drug-likeness (QED) is 0.772. The maximum Gasteiger partial charge on any atom is 0.248 e. The summed E-state index contributed by atoms with van der Waals surface area (Å²) in [4.78, 5) is 27.8. The topological polar surface area (TPSA) is 91.8 Å². The Morgan fingerprint density at radius 2 is 2.16 bits per heavy atom. The highest BCUT2D eigenvalue weighted by molar-refractivity contribution is 5.85. The summed E-state index contributed by atoms with van der Waals surface area (Å²) in [5.41, 5.74) is 1.25. The first kappa shape index (κ1) is 16.1. The van der Waals surface area contributed by atoms with Crippen LogP contribution >= 0.6 is 0 Å². The average molecular weight is 341 g/mol. The molecule has 7 heteroatoms. The van der Waals surface area contributed by atoms with E-state index in [2.05, 4.69) is 20.7 Å². The summed E-state index contributed by atoms with van der Waals surface area (Å²) in [6, 6.07) is 5.19. The highest BCUT2D eigenvalue weighted by atomic mass is 16.2. The van der Waals surface area contributed by atoms with E-state index in [0.717, 1.165) is 43.6 Å². The first-order chi connectivity index (χ1) is 12.2. The Balaban J connectivity index is 1.62. The second-order valence-electron chi connectivity index (χ2n) is 6.91. The molecule has 1 amide bonds. The van der Waals surface area contributed by atoms with E-state index in [1.807, 2.05) is 18.3 Å². The Morgan fingerprint density at radius 1 is 1.32 bits per heavy atom. The lowest BCUT2D eigenvalue weighted by atomic mass is 9.85. The van der Waals surface area contributed by atoms with Crippen molar-refractivity contribution in [1.82, 2.24) is 25.4 Å². The lowest BCUT2D eigenvalue weighted by Crippen LogP contribution is -2.55. The molecule has 4 rings (SSSR count). The molecule has 2 aliphatic rings. The van der Waals surface area contributed by atoms with Gasteiger partial charge in [-0.25, -0.2) is 0 Å². The highest BCUT2D eigenvalue weighted by Crippen LogP contribution is 2.32. The molecular formula is C18H23N5O2. The van der Waals surface area contributed by atoms with Gasteiger partial charge in [-0.05, 0) is 62.9 Å². The van der Waals surface area contributed by atoms with Gasteiger partial charge in [0.05, 0.1) is 6.04 Å². The van der Waals surface area contributed by atoms with E-state index in [0.29, 0.717) is 12.8 Å². The van der Waals surface area contributed by atoms with Crippen LogP contribution in [-0.2, 0) is 16.8 Å². The zero-order chi connectivity index (χ0) is 17.3. The van der Waals surface area contributed by atoms with Gasteiger partial charge < -0.3 is 15.6 Å². The molecule has 0 radical (unpaired) electrons. The van der Waals surface area contributed by atoms with E-state index < -0.39 is 5.54 Å². The van der Waals surface area contributed by atoms with Crippen molar-refractivity contribution < 1.29 is 4.79 Å². The molecular weight excluding hydrogens is 318 g/mol. The molecule has 1 unspecified atom stereocenters. The summed E-state index contributed by atoms with van der Waals surface area (Å²) < 4.78 is 1.81. The molecule has 3 heterocycles. The molecule has 7 nitrogen and oxygen atoms in total. The summed E-state index contributed by atoms with van der Waals surface area (Å²) >= 11 is 0. The van der Waals surface area contributed by atoms with Gasteiger partial charge in [0.25, 0.3) is 0 Å². The molecule has 1 aliphatic heterocycles. The van der Waals surface area contributed by atoms with Gasteiger partial charge in [0.15, 0.2) is 0 Å². The molecule has 0 aromatic carbocycles. The van der Waals surface area contributed by atoms with Gasteiger partial charge in [-0.3, -0.25) is 14.3 Å². The van der Waals surface area contributed by atoms with E-state index in [9.17, 15) is 9.59 Å². The predicted octanol–water partition coefficient (Wildman–Crippen LogP) is 0.844. The van der Waals surface area contributed by atoms with Gasteiger partial charge in [0, 0.05) is 24.2 Å². The fourth-order valence-corrected chi connectivity index (χ4v) is 4.07. The molecule has 132 valence electrons. The maximum atomic E-state index is 13.3. The van der Waals surface area contributed by atoms with Crippen LogP contribution < -0.4 is 16.2 Å². The molecule has 25 heavy (non-hydrogen) atoms. The van der Waals surface area contributed by atoms with Crippen LogP contribution in [0.25, 0.3) is 0 Å². The number of carbonyl (C=O) groups is 1. The van der Waals surface area contributed by atoms with Crippen LogP contribution in [0.4, 0.5) is 0 Å². The Hall–Kier alpha value is -2.41. The van der Waals surface area contributed by atoms with Gasteiger partial charge in [-0.15, -0.1) is 0 Å². The second kappa shape index (κ2) is 6.48. The molecule has 1 saturated heterocycles. The average Bonchev–Trinajstić information content (AvgIpc) is 3.17. The molecule has 2 aromatic heterocycles. The van der Waals surface area contributed by atoms with Gasteiger partial charge in [0.1, 0.15) is 5.54 Å². The molecule has 1 fully saturated rings. The lowest BCUT2D eigenvalue weighted by Gasteiger charge is -2.38. The van der Waals surface area contributed by atoms with Crippen molar-refractivity contribution in [3.05, 3.63) is 52.2 Å². The van der Waals surface area contributed by atoms with Crippen LogP contribution in [0.2, 0.25) is 0 Å². The van der Waals surface area contributed by atoms with E-state index in [4.69, 9.17) is 0 Å². The number of rotatable bonds is 3. The number of pyridine rings is 1. The Morgan fingerprint density at radius 3 is 2.92 bits per heavy atom. The number of H-pyrrole nitrogens is 1. The number of hydrogen-bond acceptors (Lipinski definition) is 4. The van der Waals surface area contributed by atoms with Crippen LogP contribution in [0.15, 0.2) is 35.4 Å². The lowest BCUT2D eigenvalue weighted by molar-refractivity contribution is -0.133. The number of aromatic amines is 1. The molecule has 3 N–H and O–H groups in total. The van der Waals surface area contributed by atoms with Gasteiger partial charge >= 0.3 is 0 Å². The van der Waals surface area contributed by atoms with Crippen molar-refractivity contribution in [3.8, 4) is 0 Å². The monoisotopic (exact) mass is 341 g/mol. The minimum atomic E-state index is -0.644. The van der Waals surface area contributed by atoms with Crippen LogP contribution in [-0.4, -0.2) is 33.8 Å². The van der Waals surface area contributed by atoms with Crippen molar-refractivity contribution >= 4 is 5.91 Å². The number of carbonyl (C=O) groups excluding carboxylic acids is 1.